The van der Waals surface area contributed by atoms with Crippen LogP contribution in [0.5, 0.6) is 5.75 Å². The SMILES string of the molecule is CN(C)C(=O)C(=O)NC1CC2CCC1c1nc(C(=O)NCc3ccc(F)cc3-c3ncnn3C)c(O)c(=O)n1C2. The number of nitrogens with zero attached hydrogens (tertiary/aromatic N) is 6. The molecule has 0 spiro atoms. The number of rotatable bonds is 5. The minimum Gasteiger partial charge on any atom is -0.501 e. The minimum atomic E-state index is -0.798. The lowest BCUT2D eigenvalue weighted by atomic mass is 9.79. The fraction of sp³-hybridized carbons (Fsp3) is 0.423. The van der Waals surface area contributed by atoms with Gasteiger partial charge in [0.15, 0.2) is 11.5 Å². The monoisotopic (exact) mass is 552 g/mol. The van der Waals surface area contributed by atoms with Gasteiger partial charge in [-0.3, -0.25) is 23.7 Å². The first-order valence-electron chi connectivity index (χ1n) is 12.8. The molecule has 6 rings (SSSR count). The van der Waals surface area contributed by atoms with Crippen molar-refractivity contribution >= 4 is 17.7 Å². The molecule has 3 N–H and O–H groups in total. The number of likely N-dealkylation sites (N-methyl/N-ethyl adjacent to an activating group) is 1. The second kappa shape index (κ2) is 10.5. The number of fused-ring (bicyclic) bond motifs is 2. The van der Waals surface area contributed by atoms with Gasteiger partial charge in [-0.25, -0.2) is 19.0 Å². The van der Waals surface area contributed by atoms with E-state index in [1.165, 1.54) is 52.8 Å². The molecule has 3 aromatic rings. The minimum absolute atomic E-state index is 0.0216. The Kier molecular flexibility index (Phi) is 7.08. The molecule has 40 heavy (non-hydrogen) atoms. The van der Waals surface area contributed by atoms with Crippen molar-refractivity contribution in [1.82, 2.24) is 39.8 Å². The summed E-state index contributed by atoms with van der Waals surface area (Å²) in [4.78, 5) is 60.8. The molecule has 2 bridgehead atoms. The summed E-state index contributed by atoms with van der Waals surface area (Å²) in [5.74, 6) is -3.27. The molecule has 3 atom stereocenters. The van der Waals surface area contributed by atoms with Crippen molar-refractivity contribution in [2.24, 2.45) is 13.0 Å². The predicted octanol–water partition coefficient (Wildman–Crippen LogP) is 0.284. The molecule has 1 saturated carbocycles. The van der Waals surface area contributed by atoms with Crippen molar-refractivity contribution in [3.8, 4) is 17.1 Å². The quantitative estimate of drug-likeness (QED) is 0.380. The molecule has 1 aliphatic carbocycles. The van der Waals surface area contributed by atoms with Gasteiger partial charge in [0.2, 0.25) is 5.75 Å². The van der Waals surface area contributed by atoms with E-state index in [4.69, 9.17) is 0 Å². The first-order chi connectivity index (χ1) is 19.0. The van der Waals surface area contributed by atoms with Gasteiger partial charge in [0, 0.05) is 51.8 Å². The van der Waals surface area contributed by atoms with E-state index in [0.717, 1.165) is 6.42 Å². The largest absolute Gasteiger partial charge is 0.501 e. The summed E-state index contributed by atoms with van der Waals surface area (Å²) in [5.41, 5.74) is -0.241. The van der Waals surface area contributed by atoms with Crippen LogP contribution < -0.4 is 16.2 Å². The molecule has 14 heteroatoms. The number of nitrogens with one attached hydrogen (secondary N) is 2. The zero-order valence-corrected chi connectivity index (χ0v) is 22.2. The van der Waals surface area contributed by atoms with E-state index in [1.54, 1.807) is 7.05 Å². The third kappa shape index (κ3) is 4.92. The Morgan fingerprint density at radius 3 is 2.70 bits per heavy atom. The summed E-state index contributed by atoms with van der Waals surface area (Å²) in [6, 6.07) is 3.56. The van der Waals surface area contributed by atoms with Crippen LogP contribution in [-0.4, -0.2) is 72.2 Å². The van der Waals surface area contributed by atoms with E-state index in [-0.39, 0.29) is 24.8 Å². The lowest BCUT2D eigenvalue weighted by Crippen LogP contribution is -2.48. The van der Waals surface area contributed by atoms with Crippen LogP contribution in [0.25, 0.3) is 11.4 Å². The van der Waals surface area contributed by atoms with E-state index in [9.17, 15) is 28.7 Å². The Morgan fingerprint density at radius 1 is 1.23 bits per heavy atom. The number of hydrogen-bond acceptors (Lipinski definition) is 8. The van der Waals surface area contributed by atoms with Crippen LogP contribution >= 0.6 is 0 Å². The Bertz CT molecular complexity index is 1560. The molecule has 3 amide bonds. The van der Waals surface area contributed by atoms with Crippen LogP contribution in [0.2, 0.25) is 0 Å². The number of aromatic hydroxyl groups is 1. The Morgan fingerprint density at radius 2 is 2.00 bits per heavy atom. The van der Waals surface area contributed by atoms with Gasteiger partial charge < -0.3 is 20.6 Å². The molecule has 2 aliphatic heterocycles. The third-order valence-electron chi connectivity index (χ3n) is 7.50. The molecule has 0 saturated heterocycles. The first-order valence-corrected chi connectivity index (χ1v) is 12.8. The van der Waals surface area contributed by atoms with Gasteiger partial charge in [-0.15, -0.1) is 0 Å². The van der Waals surface area contributed by atoms with Gasteiger partial charge in [-0.1, -0.05) is 6.07 Å². The highest BCUT2D eigenvalue weighted by Gasteiger charge is 2.41. The zero-order chi connectivity index (χ0) is 28.7. The molecule has 0 radical (unpaired) electrons. The van der Waals surface area contributed by atoms with E-state index < -0.39 is 52.5 Å². The normalized spacial score (nSPS) is 19.4. The molecule has 13 nitrogen and oxygen atoms in total. The Labute approximate surface area is 228 Å². The lowest BCUT2D eigenvalue weighted by molar-refractivity contribution is -0.144. The van der Waals surface area contributed by atoms with Crippen molar-refractivity contribution < 1.29 is 23.9 Å². The number of hydrogen-bond donors (Lipinski definition) is 3. The van der Waals surface area contributed by atoms with Crippen LogP contribution in [0.15, 0.2) is 29.3 Å². The molecular formula is C26H29FN8O5. The molecule has 210 valence electrons. The van der Waals surface area contributed by atoms with Crippen LogP contribution in [0, 0.1) is 11.7 Å². The third-order valence-corrected chi connectivity index (χ3v) is 7.50. The van der Waals surface area contributed by atoms with E-state index in [0.29, 0.717) is 29.8 Å². The second-order valence-corrected chi connectivity index (χ2v) is 10.3. The standard InChI is InChI=1S/C26H29FN8O5/c1-33(2)26(40)24(38)31-18-8-13-4-7-16(18)22-32-19(20(36)25(39)35(22)11-13)23(37)28-10-14-5-6-15(27)9-17(14)21-29-12-30-34(21)3/h5-6,9,12-13,16,18,36H,4,7-8,10-11H2,1-3H3,(H,28,37)(H,31,38). The highest BCUT2D eigenvalue weighted by atomic mass is 19.1. The summed E-state index contributed by atoms with van der Waals surface area (Å²) in [6.07, 6.45) is 3.20. The topological polar surface area (TPSA) is 164 Å². The number of amides is 3. The summed E-state index contributed by atoms with van der Waals surface area (Å²) in [7, 11) is 4.61. The Hall–Kier alpha value is -4.62. The summed E-state index contributed by atoms with van der Waals surface area (Å²) in [5, 5.41) is 20.1. The van der Waals surface area contributed by atoms with E-state index >= 15 is 0 Å². The molecule has 1 aromatic carbocycles. The number of aryl methyl sites for hydroxylation is 1. The lowest BCUT2D eigenvalue weighted by Gasteiger charge is -2.32. The molecular weight excluding hydrogens is 523 g/mol. The van der Waals surface area contributed by atoms with Crippen molar-refractivity contribution in [3.63, 3.8) is 0 Å². The predicted molar refractivity (Wildman–Crippen MR) is 138 cm³/mol. The first kappa shape index (κ1) is 27.0. The maximum atomic E-state index is 14.0. The summed E-state index contributed by atoms with van der Waals surface area (Å²) >= 11 is 0. The maximum absolute atomic E-state index is 14.0. The van der Waals surface area contributed by atoms with E-state index in [2.05, 4.69) is 25.7 Å². The van der Waals surface area contributed by atoms with Gasteiger partial charge in [0.1, 0.15) is 18.0 Å². The van der Waals surface area contributed by atoms with Gasteiger partial charge in [-0.2, -0.15) is 5.10 Å². The molecule has 1 fully saturated rings. The average molecular weight is 553 g/mol. The van der Waals surface area contributed by atoms with Gasteiger partial charge in [0.25, 0.3) is 11.5 Å². The number of halogens is 1. The summed E-state index contributed by atoms with van der Waals surface area (Å²) in [6.45, 7) is 0.204. The van der Waals surface area contributed by atoms with Crippen LogP contribution in [0.1, 0.15) is 47.1 Å². The number of carbonyl (C=O) groups is 3. The zero-order valence-electron chi connectivity index (χ0n) is 22.2. The van der Waals surface area contributed by atoms with Gasteiger partial charge in [-0.05, 0) is 42.9 Å². The van der Waals surface area contributed by atoms with E-state index in [1.807, 2.05) is 0 Å². The number of benzene rings is 1. The fourth-order valence-electron chi connectivity index (χ4n) is 5.47. The molecule has 3 unspecified atom stereocenters. The molecule has 4 heterocycles. The molecule has 2 aromatic heterocycles. The van der Waals surface area contributed by atoms with Crippen molar-refractivity contribution in [1.29, 1.82) is 0 Å². The maximum Gasteiger partial charge on any atom is 0.311 e. The number of carbonyl (C=O) groups excluding carboxylic acids is 3. The summed E-state index contributed by atoms with van der Waals surface area (Å²) < 4.78 is 16.9. The van der Waals surface area contributed by atoms with Gasteiger partial charge in [0.05, 0.1) is 0 Å². The smallest absolute Gasteiger partial charge is 0.311 e. The van der Waals surface area contributed by atoms with Crippen molar-refractivity contribution in [2.45, 2.75) is 44.3 Å². The highest BCUT2D eigenvalue weighted by Crippen LogP contribution is 2.40. The molecule has 3 aliphatic rings. The van der Waals surface area contributed by atoms with Crippen molar-refractivity contribution in [3.05, 3.63) is 57.8 Å². The fourth-order valence-corrected chi connectivity index (χ4v) is 5.47. The number of aromatic nitrogens is 5. The van der Waals surface area contributed by atoms with Gasteiger partial charge >= 0.3 is 11.8 Å². The average Bonchev–Trinajstić information content (AvgIpc) is 3.20. The Balaban J connectivity index is 1.43. The second-order valence-electron chi connectivity index (χ2n) is 10.3. The van der Waals surface area contributed by atoms with Crippen LogP contribution in [-0.2, 0) is 29.7 Å². The van der Waals surface area contributed by atoms with Crippen LogP contribution in [0.3, 0.4) is 0 Å². The highest BCUT2D eigenvalue weighted by molar-refractivity contribution is 6.34. The van der Waals surface area contributed by atoms with Crippen LogP contribution in [0.4, 0.5) is 4.39 Å². The van der Waals surface area contributed by atoms with Crippen molar-refractivity contribution in [2.75, 3.05) is 14.1 Å².